The summed E-state index contributed by atoms with van der Waals surface area (Å²) in [5.41, 5.74) is 0.972. The van der Waals surface area contributed by atoms with Crippen LogP contribution in [0.1, 0.15) is 69.3 Å². The second-order valence-corrected chi connectivity index (χ2v) is 10.6. The third-order valence-electron chi connectivity index (χ3n) is 4.86. The third-order valence-corrected chi connectivity index (χ3v) is 6.80. The van der Waals surface area contributed by atoms with E-state index in [4.69, 9.17) is 4.74 Å². The van der Waals surface area contributed by atoms with Crippen LogP contribution in [0.25, 0.3) is 0 Å². The van der Waals surface area contributed by atoms with Gasteiger partial charge in [-0.05, 0) is 57.7 Å². The Bertz CT molecular complexity index is 828. The van der Waals surface area contributed by atoms with Gasteiger partial charge in [0.05, 0.1) is 18.0 Å². The van der Waals surface area contributed by atoms with Crippen molar-refractivity contribution in [2.45, 2.75) is 65.6 Å². The van der Waals surface area contributed by atoms with Gasteiger partial charge in [-0.3, -0.25) is 9.59 Å². The molecule has 0 radical (unpaired) electrons. The summed E-state index contributed by atoms with van der Waals surface area (Å²) in [6.07, 6.45) is 2.24. The third kappa shape index (κ3) is 7.09. The first-order valence-corrected chi connectivity index (χ1v) is 12.2. The van der Waals surface area contributed by atoms with E-state index in [0.29, 0.717) is 44.5 Å². The van der Waals surface area contributed by atoms with Crippen molar-refractivity contribution in [2.75, 3.05) is 25.4 Å². The molecule has 7 nitrogen and oxygen atoms in total. The first-order chi connectivity index (χ1) is 14.0. The van der Waals surface area contributed by atoms with Crippen LogP contribution in [0.4, 0.5) is 0 Å². The number of likely N-dealkylation sites (tertiary alicyclic amines) is 1. The molecule has 0 aliphatic carbocycles. The van der Waals surface area contributed by atoms with Crippen LogP contribution < -0.4 is 0 Å². The van der Waals surface area contributed by atoms with Gasteiger partial charge in [-0.2, -0.15) is 0 Å². The highest BCUT2D eigenvalue weighted by Crippen LogP contribution is 2.17. The minimum absolute atomic E-state index is 0.0693. The van der Waals surface area contributed by atoms with E-state index in [1.807, 2.05) is 20.8 Å². The minimum atomic E-state index is -3.71. The molecular weight excluding hydrogens is 404 g/mol. The maximum Gasteiger partial charge on any atom is 0.267 e. The van der Waals surface area contributed by atoms with E-state index < -0.39 is 15.9 Å². The molecule has 0 bridgehead atoms. The summed E-state index contributed by atoms with van der Waals surface area (Å²) >= 11 is 0. The molecule has 1 heterocycles. The Hall–Kier alpha value is -1.93. The van der Waals surface area contributed by atoms with Gasteiger partial charge in [-0.25, -0.2) is 12.7 Å². The molecule has 1 fully saturated rings. The van der Waals surface area contributed by atoms with Crippen LogP contribution in [0.5, 0.6) is 0 Å². The molecule has 1 saturated heterocycles. The smallest absolute Gasteiger partial charge is 0.267 e. The summed E-state index contributed by atoms with van der Waals surface area (Å²) in [7, 11) is -3.71. The first kappa shape index (κ1) is 24.3. The quantitative estimate of drug-likeness (QED) is 0.560. The average Bonchev–Trinajstić information content (AvgIpc) is 3.07. The number of nitrogens with zero attached hydrogens (tertiary/aromatic N) is 2. The summed E-state index contributed by atoms with van der Waals surface area (Å²) in [5, 5.41) is 0. The number of sulfonamides is 1. The Labute approximate surface area is 180 Å². The molecule has 0 atom stereocenters. The lowest BCUT2D eigenvalue weighted by Crippen LogP contribution is -2.40. The predicted molar refractivity (Wildman–Crippen MR) is 117 cm³/mol. The lowest BCUT2D eigenvalue weighted by Gasteiger charge is -2.24. The number of carbonyl (C=O) groups excluding carboxylic acids is 2. The van der Waals surface area contributed by atoms with Crippen LogP contribution >= 0.6 is 0 Å². The van der Waals surface area contributed by atoms with Gasteiger partial charge in [0, 0.05) is 31.6 Å². The zero-order valence-electron chi connectivity index (χ0n) is 18.5. The van der Waals surface area contributed by atoms with Crippen LogP contribution in [0.2, 0.25) is 0 Å². The zero-order valence-corrected chi connectivity index (χ0v) is 19.3. The lowest BCUT2D eigenvalue weighted by molar-refractivity contribution is -0.127. The van der Waals surface area contributed by atoms with Gasteiger partial charge in [-0.15, -0.1) is 0 Å². The molecule has 0 saturated carbocycles. The second kappa shape index (κ2) is 10.4. The number of rotatable bonds is 10. The van der Waals surface area contributed by atoms with Gasteiger partial charge in [0.15, 0.2) is 0 Å². The number of benzene rings is 1. The molecule has 1 aliphatic rings. The molecule has 0 unspecified atom stereocenters. The maximum absolute atomic E-state index is 13.0. The highest BCUT2D eigenvalue weighted by Gasteiger charge is 2.28. The van der Waals surface area contributed by atoms with Crippen molar-refractivity contribution in [2.24, 2.45) is 0 Å². The molecule has 1 aliphatic heterocycles. The first-order valence-electron chi connectivity index (χ1n) is 10.6. The van der Waals surface area contributed by atoms with Gasteiger partial charge in [0.2, 0.25) is 15.9 Å². The van der Waals surface area contributed by atoms with E-state index in [9.17, 15) is 18.0 Å². The van der Waals surface area contributed by atoms with Crippen molar-refractivity contribution in [3.63, 3.8) is 0 Å². The molecule has 30 heavy (non-hydrogen) atoms. The van der Waals surface area contributed by atoms with Gasteiger partial charge < -0.3 is 9.64 Å². The van der Waals surface area contributed by atoms with Crippen LogP contribution in [0, 0.1) is 0 Å². The highest BCUT2D eigenvalue weighted by molar-refractivity contribution is 7.89. The molecule has 1 aromatic rings. The fourth-order valence-electron chi connectivity index (χ4n) is 3.27. The largest absolute Gasteiger partial charge is 0.371 e. The summed E-state index contributed by atoms with van der Waals surface area (Å²) in [6, 6.07) is 6.85. The number of hydrogen-bond donors (Lipinski definition) is 0. The molecule has 0 spiro atoms. The van der Waals surface area contributed by atoms with E-state index in [2.05, 4.69) is 0 Å². The zero-order chi connectivity index (χ0) is 22.4. The van der Waals surface area contributed by atoms with Crippen molar-refractivity contribution in [3.05, 3.63) is 35.4 Å². The predicted octanol–water partition coefficient (Wildman–Crippen LogP) is 3.20. The van der Waals surface area contributed by atoms with Gasteiger partial charge in [0.25, 0.3) is 5.91 Å². The van der Waals surface area contributed by atoms with Gasteiger partial charge in [0.1, 0.15) is 0 Å². The van der Waals surface area contributed by atoms with E-state index in [0.717, 1.165) is 16.3 Å². The molecule has 0 N–H and O–H groups in total. The van der Waals surface area contributed by atoms with E-state index in [1.54, 1.807) is 36.1 Å². The maximum atomic E-state index is 13.0. The van der Waals surface area contributed by atoms with E-state index in [-0.39, 0.29) is 23.8 Å². The molecule has 1 aromatic carbocycles. The number of amides is 2. The molecular formula is C22H34N2O5S. The van der Waals surface area contributed by atoms with Crippen molar-refractivity contribution < 1.29 is 22.7 Å². The van der Waals surface area contributed by atoms with Gasteiger partial charge in [-0.1, -0.05) is 19.1 Å². The highest BCUT2D eigenvalue weighted by atomic mass is 32.2. The monoisotopic (exact) mass is 438 g/mol. The van der Waals surface area contributed by atoms with Crippen molar-refractivity contribution in [1.29, 1.82) is 0 Å². The molecule has 8 heteroatoms. The van der Waals surface area contributed by atoms with Crippen LogP contribution in [-0.4, -0.2) is 60.4 Å². The van der Waals surface area contributed by atoms with Crippen LogP contribution in [-0.2, 0) is 26.2 Å². The summed E-state index contributed by atoms with van der Waals surface area (Å²) < 4.78 is 32.1. The van der Waals surface area contributed by atoms with Crippen molar-refractivity contribution in [1.82, 2.24) is 9.21 Å². The van der Waals surface area contributed by atoms with Crippen molar-refractivity contribution in [3.8, 4) is 0 Å². The average molecular weight is 439 g/mol. The van der Waals surface area contributed by atoms with Crippen LogP contribution in [0.15, 0.2) is 24.3 Å². The van der Waals surface area contributed by atoms with Crippen LogP contribution in [0.3, 0.4) is 0 Å². The Balaban J connectivity index is 2.08. The molecule has 2 amide bonds. The number of hydrogen-bond acceptors (Lipinski definition) is 5. The second-order valence-electron chi connectivity index (χ2n) is 8.63. The summed E-state index contributed by atoms with van der Waals surface area (Å²) in [4.78, 5) is 26.5. The Morgan fingerprint density at radius 1 is 1.20 bits per heavy atom. The molecule has 2 rings (SSSR count). The summed E-state index contributed by atoms with van der Waals surface area (Å²) in [6.45, 7) is 9.33. The molecule has 168 valence electrons. The standard InChI is InChI=1S/C22H34N2O5S/c1-5-16-30(27,28)24(15-7-14-23-13-6-8-20(23)25)21(26)19-11-9-18(10-12-19)17-29-22(2,3)4/h9-12H,5-8,13-17H2,1-4H3. The van der Waals surface area contributed by atoms with E-state index in [1.165, 1.54) is 0 Å². The fraction of sp³-hybridized carbons (Fsp3) is 0.636. The Kier molecular flexibility index (Phi) is 8.43. The number of ether oxygens (including phenoxy) is 1. The fourth-order valence-corrected chi connectivity index (χ4v) is 4.77. The Morgan fingerprint density at radius 3 is 2.40 bits per heavy atom. The summed E-state index contributed by atoms with van der Waals surface area (Å²) in [5.74, 6) is -0.518. The SMILES string of the molecule is CCCS(=O)(=O)N(CCCN1CCCC1=O)C(=O)c1ccc(COC(C)(C)C)cc1. The number of carbonyl (C=O) groups is 2. The molecule has 0 aromatic heterocycles. The van der Waals surface area contributed by atoms with Gasteiger partial charge >= 0.3 is 0 Å². The minimum Gasteiger partial charge on any atom is -0.371 e. The lowest BCUT2D eigenvalue weighted by atomic mass is 10.1. The van der Waals surface area contributed by atoms with Crippen molar-refractivity contribution >= 4 is 21.8 Å². The van der Waals surface area contributed by atoms with E-state index >= 15 is 0 Å². The topological polar surface area (TPSA) is 84.0 Å². The normalized spacial score (nSPS) is 14.9. The Morgan fingerprint density at radius 2 is 1.87 bits per heavy atom.